The molecule has 0 atom stereocenters. The van der Waals surface area contributed by atoms with Gasteiger partial charge in [-0.1, -0.05) is 0 Å². The monoisotopic (exact) mass is 260 g/mol. The van der Waals surface area contributed by atoms with Crippen LogP contribution in [-0.2, 0) is 0 Å². The van der Waals surface area contributed by atoms with Crippen molar-refractivity contribution in [3.8, 4) is 22.6 Å². The third-order valence-corrected chi connectivity index (χ3v) is 2.60. The van der Waals surface area contributed by atoms with Crippen LogP contribution in [-0.4, -0.2) is 35.3 Å². The van der Waals surface area contributed by atoms with Crippen molar-refractivity contribution in [1.29, 1.82) is 0 Å². The van der Waals surface area contributed by atoms with Crippen LogP contribution in [0.4, 0.5) is 0 Å². The third kappa shape index (κ3) is 2.47. The first-order valence-corrected chi connectivity index (χ1v) is 5.42. The Hall–Kier alpha value is -2.63. The van der Waals surface area contributed by atoms with Crippen molar-refractivity contribution in [2.75, 3.05) is 14.2 Å². The summed E-state index contributed by atoms with van der Waals surface area (Å²) in [6.07, 6.45) is 4.60. The number of ether oxygens (including phenoxy) is 2. The Morgan fingerprint density at radius 1 is 1.11 bits per heavy atom. The Labute approximate surface area is 109 Å². The molecule has 0 aliphatic carbocycles. The van der Waals surface area contributed by atoms with E-state index in [0.29, 0.717) is 16.9 Å². The molecule has 6 nitrogen and oxygen atoms in total. The fourth-order valence-electron chi connectivity index (χ4n) is 1.74. The minimum atomic E-state index is -1.09. The Morgan fingerprint density at radius 3 is 2.32 bits per heavy atom. The largest absolute Gasteiger partial charge is 0.493 e. The number of rotatable bonds is 4. The van der Waals surface area contributed by atoms with Gasteiger partial charge in [0.15, 0.2) is 11.5 Å². The van der Waals surface area contributed by atoms with Crippen LogP contribution in [0.25, 0.3) is 11.1 Å². The highest BCUT2D eigenvalue weighted by Crippen LogP contribution is 2.35. The van der Waals surface area contributed by atoms with E-state index in [1.807, 2.05) is 0 Å². The van der Waals surface area contributed by atoms with Crippen molar-refractivity contribution in [1.82, 2.24) is 9.97 Å². The van der Waals surface area contributed by atoms with Crippen molar-refractivity contribution in [2.24, 2.45) is 0 Å². The van der Waals surface area contributed by atoms with Gasteiger partial charge in [-0.2, -0.15) is 0 Å². The van der Waals surface area contributed by atoms with Crippen molar-refractivity contribution in [3.05, 3.63) is 36.4 Å². The Bertz CT molecular complexity index is 599. The lowest BCUT2D eigenvalue weighted by Gasteiger charge is -2.12. The molecule has 6 heteroatoms. The zero-order valence-electron chi connectivity index (χ0n) is 10.5. The SMILES string of the molecule is COc1cc(-c2cncnc2)cc(C(=O)O)c1OC. The molecule has 0 fully saturated rings. The summed E-state index contributed by atoms with van der Waals surface area (Å²) >= 11 is 0. The molecule has 0 saturated heterocycles. The predicted octanol–water partition coefficient (Wildman–Crippen LogP) is 1.86. The number of hydrogen-bond acceptors (Lipinski definition) is 5. The topological polar surface area (TPSA) is 81.5 Å². The van der Waals surface area contributed by atoms with Crippen LogP contribution in [0.3, 0.4) is 0 Å². The summed E-state index contributed by atoms with van der Waals surface area (Å²) in [6.45, 7) is 0. The minimum Gasteiger partial charge on any atom is -0.493 e. The number of aromatic nitrogens is 2. The molecule has 0 amide bonds. The summed E-state index contributed by atoms with van der Waals surface area (Å²) in [5, 5.41) is 9.22. The average molecular weight is 260 g/mol. The summed E-state index contributed by atoms with van der Waals surface area (Å²) in [7, 11) is 2.85. The van der Waals surface area contributed by atoms with Gasteiger partial charge in [0.25, 0.3) is 0 Å². The molecular formula is C13H12N2O4. The number of carbonyl (C=O) groups is 1. The first-order chi connectivity index (χ1) is 9.17. The van der Waals surface area contributed by atoms with Crippen LogP contribution in [0.5, 0.6) is 11.5 Å². The number of nitrogens with zero attached hydrogens (tertiary/aromatic N) is 2. The molecule has 0 saturated carbocycles. The van der Waals surface area contributed by atoms with E-state index in [1.54, 1.807) is 18.5 Å². The Morgan fingerprint density at radius 2 is 1.79 bits per heavy atom. The molecule has 2 aromatic rings. The average Bonchev–Trinajstić information content (AvgIpc) is 2.46. The van der Waals surface area contributed by atoms with Gasteiger partial charge in [-0.3, -0.25) is 0 Å². The van der Waals surface area contributed by atoms with E-state index in [9.17, 15) is 9.90 Å². The van der Waals surface area contributed by atoms with E-state index in [2.05, 4.69) is 9.97 Å². The summed E-state index contributed by atoms with van der Waals surface area (Å²) in [4.78, 5) is 19.1. The van der Waals surface area contributed by atoms with E-state index < -0.39 is 5.97 Å². The van der Waals surface area contributed by atoms with Crippen LogP contribution in [0.15, 0.2) is 30.9 Å². The number of carboxylic acids is 1. The molecule has 2 rings (SSSR count). The van der Waals surface area contributed by atoms with Crippen LogP contribution in [0.2, 0.25) is 0 Å². The lowest BCUT2D eigenvalue weighted by molar-refractivity contribution is 0.0692. The summed E-state index contributed by atoms with van der Waals surface area (Å²) < 4.78 is 10.2. The van der Waals surface area contributed by atoms with E-state index in [1.165, 1.54) is 26.6 Å². The lowest BCUT2D eigenvalue weighted by Crippen LogP contribution is -2.03. The van der Waals surface area contributed by atoms with Gasteiger partial charge in [-0.15, -0.1) is 0 Å². The van der Waals surface area contributed by atoms with Gasteiger partial charge in [0.05, 0.1) is 14.2 Å². The zero-order valence-corrected chi connectivity index (χ0v) is 10.5. The molecule has 1 N–H and O–H groups in total. The molecule has 1 heterocycles. The van der Waals surface area contributed by atoms with E-state index in [-0.39, 0.29) is 11.3 Å². The molecule has 0 aliphatic heterocycles. The first kappa shape index (κ1) is 12.8. The van der Waals surface area contributed by atoms with Crippen molar-refractivity contribution in [3.63, 3.8) is 0 Å². The second kappa shape index (κ2) is 5.34. The van der Waals surface area contributed by atoms with Crippen molar-refractivity contribution in [2.45, 2.75) is 0 Å². The first-order valence-electron chi connectivity index (χ1n) is 5.42. The minimum absolute atomic E-state index is 0.0284. The van der Waals surface area contributed by atoms with E-state index in [0.717, 1.165) is 0 Å². The third-order valence-electron chi connectivity index (χ3n) is 2.60. The van der Waals surface area contributed by atoms with E-state index >= 15 is 0 Å². The van der Waals surface area contributed by atoms with Gasteiger partial charge in [-0.25, -0.2) is 14.8 Å². The number of benzene rings is 1. The number of hydrogen-bond donors (Lipinski definition) is 1. The normalized spacial score (nSPS) is 10.0. The quantitative estimate of drug-likeness (QED) is 0.903. The highest BCUT2D eigenvalue weighted by Gasteiger charge is 2.18. The standard InChI is InChI=1S/C13H12N2O4/c1-18-11-4-8(9-5-14-7-15-6-9)3-10(13(16)17)12(11)19-2/h3-7H,1-2H3,(H,16,17). The Balaban J connectivity index is 2.65. The Kier molecular flexibility index (Phi) is 3.61. The van der Waals surface area contributed by atoms with Gasteiger partial charge >= 0.3 is 5.97 Å². The summed E-state index contributed by atoms with van der Waals surface area (Å²) in [5.74, 6) is -0.550. The van der Waals surface area contributed by atoms with Crippen molar-refractivity contribution < 1.29 is 19.4 Å². The molecule has 19 heavy (non-hydrogen) atoms. The molecule has 98 valence electrons. The second-order valence-corrected chi connectivity index (χ2v) is 3.69. The molecule has 0 aliphatic rings. The van der Waals surface area contributed by atoms with Gasteiger partial charge in [0, 0.05) is 18.0 Å². The second-order valence-electron chi connectivity index (χ2n) is 3.69. The van der Waals surface area contributed by atoms with E-state index in [4.69, 9.17) is 9.47 Å². The van der Waals surface area contributed by atoms with Gasteiger partial charge in [-0.05, 0) is 17.7 Å². The predicted molar refractivity (Wildman–Crippen MR) is 67.5 cm³/mol. The molecule has 0 spiro atoms. The molecule has 0 radical (unpaired) electrons. The van der Waals surface area contributed by atoms with Gasteiger partial charge < -0.3 is 14.6 Å². The smallest absolute Gasteiger partial charge is 0.339 e. The number of carboxylic acid groups (broad SMARTS) is 1. The highest BCUT2D eigenvalue weighted by molar-refractivity contribution is 5.94. The van der Waals surface area contributed by atoms with Crippen LogP contribution in [0, 0.1) is 0 Å². The summed E-state index contributed by atoms with van der Waals surface area (Å²) in [6, 6.07) is 3.19. The zero-order chi connectivity index (χ0) is 13.8. The fraction of sp³-hybridized carbons (Fsp3) is 0.154. The highest BCUT2D eigenvalue weighted by atomic mass is 16.5. The molecule has 1 aromatic heterocycles. The lowest BCUT2D eigenvalue weighted by atomic mass is 10.0. The molecule has 1 aromatic carbocycles. The number of methoxy groups -OCH3 is 2. The number of aromatic carboxylic acids is 1. The maximum atomic E-state index is 11.3. The molecule has 0 bridgehead atoms. The fourth-order valence-corrected chi connectivity index (χ4v) is 1.74. The molecule has 0 unspecified atom stereocenters. The van der Waals surface area contributed by atoms with Crippen molar-refractivity contribution >= 4 is 5.97 Å². The maximum absolute atomic E-state index is 11.3. The van der Waals surface area contributed by atoms with Crippen LogP contribution >= 0.6 is 0 Å². The summed E-state index contributed by atoms with van der Waals surface area (Å²) in [5.41, 5.74) is 1.38. The van der Waals surface area contributed by atoms with Gasteiger partial charge in [0.2, 0.25) is 0 Å². The van der Waals surface area contributed by atoms with Gasteiger partial charge in [0.1, 0.15) is 11.9 Å². The maximum Gasteiger partial charge on any atom is 0.339 e. The van der Waals surface area contributed by atoms with Crippen LogP contribution in [0.1, 0.15) is 10.4 Å². The molecular weight excluding hydrogens is 248 g/mol. The van der Waals surface area contributed by atoms with Crippen LogP contribution < -0.4 is 9.47 Å².